The molecule has 0 spiro atoms. The highest BCUT2D eigenvalue weighted by atomic mass is 35.5. The molecule has 10 heteroatoms. The second-order valence-corrected chi connectivity index (χ2v) is 5.63. The number of nitrogens with zero attached hydrogens (tertiary/aromatic N) is 3. The van der Waals surface area contributed by atoms with E-state index in [2.05, 4.69) is 0 Å². The van der Waals surface area contributed by atoms with Crippen LogP contribution >= 0.6 is 35.6 Å². The maximum absolute atomic E-state index is 11.0. The molecule has 0 atom stereocenters. The summed E-state index contributed by atoms with van der Waals surface area (Å²) in [6.45, 7) is 0. The van der Waals surface area contributed by atoms with Crippen LogP contribution in [0.2, 0.25) is 5.02 Å². The fourth-order valence-electron chi connectivity index (χ4n) is 1.12. The molecule has 0 aliphatic rings. The second kappa shape index (κ2) is 6.13. The van der Waals surface area contributed by atoms with Crippen molar-refractivity contribution in [3.63, 3.8) is 0 Å². The minimum atomic E-state index is -0.723. The molecule has 0 aliphatic heterocycles. The summed E-state index contributed by atoms with van der Waals surface area (Å²) in [6, 6.07) is 2.13. The smallest absolute Gasteiger partial charge is 0.291 e. The fraction of sp³-hybridized carbons (Fsp3) is 0.222. The van der Waals surface area contributed by atoms with E-state index in [0.717, 1.165) is 23.9 Å². The minimum Gasteiger partial charge on any atom is -0.363 e. The first-order chi connectivity index (χ1) is 8.73. The summed E-state index contributed by atoms with van der Waals surface area (Å²) in [5, 5.41) is 21.8. The topological polar surface area (TPSA) is 89.5 Å². The van der Waals surface area contributed by atoms with Gasteiger partial charge in [0, 0.05) is 26.2 Å². The first kappa shape index (κ1) is 15.6. The molecule has 0 bridgehead atoms. The number of thioether (sulfide) groups is 1. The summed E-state index contributed by atoms with van der Waals surface area (Å²) in [6.07, 6.45) is 0. The summed E-state index contributed by atoms with van der Waals surface area (Å²) in [4.78, 5) is 21.9. The third-order valence-corrected chi connectivity index (χ3v) is 3.96. The molecule has 7 nitrogen and oxygen atoms in total. The molecule has 0 aliphatic carbocycles. The van der Waals surface area contributed by atoms with Crippen molar-refractivity contribution in [2.45, 2.75) is 4.90 Å². The van der Waals surface area contributed by atoms with Gasteiger partial charge in [0.15, 0.2) is 4.90 Å². The summed E-state index contributed by atoms with van der Waals surface area (Å²) < 4.78 is 0.272. The Hall–Kier alpha value is -1.45. The molecule has 0 fully saturated rings. The molecule has 0 N–H and O–H groups in total. The Bertz CT molecular complexity index is 529. The zero-order valence-corrected chi connectivity index (χ0v) is 12.2. The lowest BCUT2D eigenvalue weighted by Crippen LogP contribution is -2.16. The molecule has 0 unspecified atom stereocenters. The Labute approximate surface area is 122 Å². The van der Waals surface area contributed by atoms with Crippen LogP contribution in [0, 0.1) is 20.2 Å². The van der Waals surface area contributed by atoms with Crippen molar-refractivity contribution in [3.05, 3.63) is 37.4 Å². The van der Waals surface area contributed by atoms with Crippen molar-refractivity contribution in [2.24, 2.45) is 0 Å². The lowest BCUT2D eigenvalue weighted by Gasteiger charge is -2.12. The molecule has 102 valence electrons. The molecule has 0 heterocycles. The van der Waals surface area contributed by atoms with Crippen molar-refractivity contribution < 1.29 is 9.85 Å². The van der Waals surface area contributed by atoms with Crippen LogP contribution in [0.3, 0.4) is 0 Å². The van der Waals surface area contributed by atoms with Crippen molar-refractivity contribution in [1.29, 1.82) is 0 Å². The van der Waals surface area contributed by atoms with Crippen LogP contribution in [-0.4, -0.2) is 33.2 Å². The number of nitro groups is 2. The molecule has 0 amide bonds. The van der Waals surface area contributed by atoms with Crippen molar-refractivity contribution in [1.82, 2.24) is 4.90 Å². The predicted molar refractivity (Wildman–Crippen MR) is 76.9 cm³/mol. The largest absolute Gasteiger partial charge is 0.363 e. The number of benzene rings is 1. The summed E-state index contributed by atoms with van der Waals surface area (Å²) in [5.41, 5.74) is -0.873. The number of halogens is 1. The molecule has 0 saturated carbocycles. The third kappa shape index (κ3) is 3.75. The lowest BCUT2D eigenvalue weighted by molar-refractivity contribution is -0.399. The van der Waals surface area contributed by atoms with Crippen LogP contribution in [0.4, 0.5) is 11.4 Å². The summed E-state index contributed by atoms with van der Waals surface area (Å²) in [5.74, 6) is 0. The van der Waals surface area contributed by atoms with E-state index in [0.29, 0.717) is 0 Å². The predicted octanol–water partition coefficient (Wildman–Crippen LogP) is 3.10. The van der Waals surface area contributed by atoms with E-state index in [1.165, 1.54) is 4.90 Å². The first-order valence-electron chi connectivity index (χ1n) is 4.75. The molecule has 19 heavy (non-hydrogen) atoms. The zero-order chi connectivity index (χ0) is 14.7. The molecular weight excluding hydrogens is 314 g/mol. The number of hydrogen-bond donors (Lipinski definition) is 0. The fourth-order valence-corrected chi connectivity index (χ4v) is 2.41. The van der Waals surface area contributed by atoms with E-state index in [1.54, 1.807) is 14.1 Å². The van der Waals surface area contributed by atoms with Gasteiger partial charge < -0.3 is 4.90 Å². The van der Waals surface area contributed by atoms with Gasteiger partial charge >= 0.3 is 0 Å². The zero-order valence-electron chi connectivity index (χ0n) is 9.82. The molecule has 0 aromatic heterocycles. The van der Waals surface area contributed by atoms with Crippen LogP contribution in [0.1, 0.15) is 0 Å². The van der Waals surface area contributed by atoms with E-state index in [1.807, 2.05) is 0 Å². The van der Waals surface area contributed by atoms with Gasteiger partial charge in [-0.2, -0.15) is 0 Å². The molecule has 0 radical (unpaired) electrons. The average molecular weight is 322 g/mol. The highest BCUT2D eigenvalue weighted by Gasteiger charge is 2.28. The van der Waals surface area contributed by atoms with Gasteiger partial charge in [0.25, 0.3) is 11.4 Å². The van der Waals surface area contributed by atoms with E-state index in [4.69, 9.17) is 23.8 Å². The van der Waals surface area contributed by atoms with Crippen molar-refractivity contribution >= 4 is 51.3 Å². The number of hydrogen-bond acceptors (Lipinski definition) is 6. The highest BCUT2D eigenvalue weighted by molar-refractivity contribution is 8.23. The number of nitro benzene ring substituents is 2. The maximum atomic E-state index is 11.0. The number of thiocarbonyl (C=S) groups is 1. The SMILES string of the molecule is CN(C)C(=S)Sc1c([N+](=O)[O-])cc(Cl)cc1[N+](=O)[O-]. The van der Waals surface area contributed by atoms with Crippen LogP contribution in [-0.2, 0) is 0 Å². The van der Waals surface area contributed by atoms with E-state index in [-0.39, 0.29) is 14.2 Å². The molecular formula is C9H8ClN3O4S2. The van der Waals surface area contributed by atoms with Gasteiger partial charge in [-0.1, -0.05) is 23.8 Å². The van der Waals surface area contributed by atoms with Gasteiger partial charge in [-0.25, -0.2) is 0 Å². The van der Waals surface area contributed by atoms with Crippen molar-refractivity contribution in [3.8, 4) is 0 Å². The quantitative estimate of drug-likeness (QED) is 0.365. The standard InChI is InChI=1S/C9H8ClN3O4S2/c1-11(2)9(18)19-8-6(12(14)15)3-5(10)4-7(8)13(16)17/h3-4H,1-2H3. The maximum Gasteiger partial charge on any atom is 0.291 e. The minimum absolute atomic E-state index is 0.0708. The van der Waals surface area contributed by atoms with Crippen LogP contribution in [0.5, 0.6) is 0 Å². The van der Waals surface area contributed by atoms with Crippen LogP contribution in [0.15, 0.2) is 17.0 Å². The summed E-state index contributed by atoms with van der Waals surface area (Å²) >= 11 is 11.4. The van der Waals surface area contributed by atoms with Crippen LogP contribution in [0.25, 0.3) is 0 Å². The van der Waals surface area contributed by atoms with Gasteiger partial charge in [0.2, 0.25) is 0 Å². The normalized spacial score (nSPS) is 10.1. The molecule has 1 rings (SSSR count). The van der Waals surface area contributed by atoms with Gasteiger partial charge in [-0.05, 0) is 11.8 Å². The number of rotatable bonds is 3. The molecule has 1 aromatic rings. The Balaban J connectivity index is 3.43. The monoisotopic (exact) mass is 321 g/mol. The van der Waals surface area contributed by atoms with Crippen molar-refractivity contribution in [2.75, 3.05) is 14.1 Å². The van der Waals surface area contributed by atoms with E-state index >= 15 is 0 Å². The first-order valence-corrected chi connectivity index (χ1v) is 6.35. The summed E-state index contributed by atoms with van der Waals surface area (Å²) in [7, 11) is 3.28. The van der Waals surface area contributed by atoms with Gasteiger partial charge in [0.05, 0.1) is 14.9 Å². The average Bonchev–Trinajstić information content (AvgIpc) is 2.29. The Morgan fingerprint density at radius 2 is 1.68 bits per heavy atom. The third-order valence-electron chi connectivity index (χ3n) is 1.96. The Morgan fingerprint density at radius 1 is 1.26 bits per heavy atom. The van der Waals surface area contributed by atoms with Gasteiger partial charge in [-0.3, -0.25) is 20.2 Å². The van der Waals surface area contributed by atoms with Gasteiger partial charge in [-0.15, -0.1) is 0 Å². The lowest BCUT2D eigenvalue weighted by atomic mass is 10.3. The highest BCUT2D eigenvalue weighted by Crippen LogP contribution is 2.40. The Kier molecular flexibility index (Phi) is 5.04. The Morgan fingerprint density at radius 3 is 2.00 bits per heavy atom. The van der Waals surface area contributed by atoms with Gasteiger partial charge in [0.1, 0.15) is 4.32 Å². The van der Waals surface area contributed by atoms with E-state index < -0.39 is 21.2 Å². The van der Waals surface area contributed by atoms with Crippen LogP contribution < -0.4 is 0 Å². The molecule has 1 aromatic carbocycles. The molecule has 0 saturated heterocycles. The van der Waals surface area contributed by atoms with E-state index in [9.17, 15) is 20.2 Å². The second-order valence-electron chi connectivity index (χ2n) is 3.55.